The molecule has 116 valence electrons. The highest BCUT2D eigenvalue weighted by Crippen LogP contribution is 2.37. The molecule has 1 heteroatoms. The van der Waals surface area contributed by atoms with E-state index in [4.69, 9.17) is 0 Å². The van der Waals surface area contributed by atoms with Gasteiger partial charge in [-0.05, 0) is 61.8 Å². The van der Waals surface area contributed by atoms with Gasteiger partial charge in [-0.1, -0.05) is 50.6 Å². The van der Waals surface area contributed by atoms with E-state index in [9.17, 15) is 0 Å². The third-order valence-corrected chi connectivity index (χ3v) is 6.20. The summed E-state index contributed by atoms with van der Waals surface area (Å²) in [6.07, 6.45) is 9.65. The third kappa shape index (κ3) is 3.51. The normalized spacial score (nSPS) is 36.8. The first-order valence-corrected chi connectivity index (χ1v) is 9.09. The summed E-state index contributed by atoms with van der Waals surface area (Å²) in [4.78, 5) is 0. The summed E-state index contributed by atoms with van der Waals surface area (Å²) in [6, 6.07) is 12.7. The second-order valence-electron chi connectivity index (χ2n) is 7.34. The molecule has 2 aliphatic rings. The van der Waals surface area contributed by atoms with Gasteiger partial charge in [-0.15, -0.1) is 0 Å². The summed E-state index contributed by atoms with van der Waals surface area (Å²) in [5.41, 5.74) is 1.55. The monoisotopic (exact) mass is 285 g/mol. The van der Waals surface area contributed by atoms with Gasteiger partial charge in [0.15, 0.2) is 0 Å². The van der Waals surface area contributed by atoms with Crippen molar-refractivity contribution in [3.63, 3.8) is 0 Å². The topological polar surface area (TPSA) is 12.0 Å². The molecule has 1 N–H and O–H groups in total. The van der Waals surface area contributed by atoms with Crippen LogP contribution in [0.2, 0.25) is 0 Å². The first-order valence-electron chi connectivity index (χ1n) is 9.09. The molecule has 0 bridgehead atoms. The molecule has 1 nitrogen and oxygen atoms in total. The van der Waals surface area contributed by atoms with Crippen LogP contribution in [0.25, 0.3) is 0 Å². The van der Waals surface area contributed by atoms with Crippen LogP contribution in [-0.4, -0.2) is 12.1 Å². The lowest BCUT2D eigenvalue weighted by Gasteiger charge is -2.33. The first kappa shape index (κ1) is 15.1. The second kappa shape index (κ2) is 6.96. The minimum absolute atomic E-state index is 0.771. The lowest BCUT2D eigenvalue weighted by Crippen LogP contribution is -2.42. The predicted octanol–water partition coefficient (Wildman–Crippen LogP) is 5.13. The van der Waals surface area contributed by atoms with Crippen LogP contribution in [0.1, 0.15) is 70.3 Å². The molecule has 2 fully saturated rings. The van der Waals surface area contributed by atoms with E-state index in [0.717, 1.165) is 29.8 Å². The van der Waals surface area contributed by atoms with E-state index in [-0.39, 0.29) is 0 Å². The van der Waals surface area contributed by atoms with Crippen LogP contribution < -0.4 is 5.32 Å². The maximum absolute atomic E-state index is 4.00. The van der Waals surface area contributed by atoms with Gasteiger partial charge in [-0.3, -0.25) is 0 Å². The van der Waals surface area contributed by atoms with Gasteiger partial charge in [0.25, 0.3) is 0 Å². The number of benzene rings is 1. The molecule has 1 aromatic rings. The summed E-state index contributed by atoms with van der Waals surface area (Å²) in [5.74, 6) is 2.64. The van der Waals surface area contributed by atoms with Crippen molar-refractivity contribution in [1.29, 1.82) is 0 Å². The fraction of sp³-hybridized carbons (Fsp3) is 0.700. The van der Waals surface area contributed by atoms with E-state index in [2.05, 4.69) is 49.5 Å². The van der Waals surface area contributed by atoms with Crippen LogP contribution in [0.4, 0.5) is 0 Å². The standard InChI is InChI=1S/C20H31N/c1-3-16-11-14-20(15(16)2)21-19-12-9-18(10-13-19)17-7-5-4-6-8-17/h4-8,15-16,18-21H,3,9-14H2,1-2H3. The fourth-order valence-corrected chi connectivity index (χ4v) is 4.68. The lowest BCUT2D eigenvalue weighted by molar-refractivity contribution is 0.273. The summed E-state index contributed by atoms with van der Waals surface area (Å²) in [7, 11) is 0. The van der Waals surface area contributed by atoms with Crippen LogP contribution in [0, 0.1) is 11.8 Å². The van der Waals surface area contributed by atoms with E-state index < -0.39 is 0 Å². The molecule has 0 heterocycles. The maximum atomic E-state index is 4.00. The summed E-state index contributed by atoms with van der Waals surface area (Å²) in [5, 5.41) is 4.00. The van der Waals surface area contributed by atoms with Crippen LogP contribution in [0.15, 0.2) is 30.3 Å². The van der Waals surface area contributed by atoms with Crippen LogP contribution >= 0.6 is 0 Å². The van der Waals surface area contributed by atoms with Crippen molar-refractivity contribution in [3.8, 4) is 0 Å². The van der Waals surface area contributed by atoms with Crippen molar-refractivity contribution in [2.75, 3.05) is 0 Å². The third-order valence-electron chi connectivity index (χ3n) is 6.20. The second-order valence-corrected chi connectivity index (χ2v) is 7.34. The fourth-order valence-electron chi connectivity index (χ4n) is 4.68. The van der Waals surface area contributed by atoms with Gasteiger partial charge in [0.1, 0.15) is 0 Å². The Morgan fingerprint density at radius 2 is 1.67 bits per heavy atom. The Balaban J connectivity index is 1.48. The highest BCUT2D eigenvalue weighted by Gasteiger charge is 2.33. The smallest absolute Gasteiger partial charge is 0.00980 e. The molecule has 3 rings (SSSR count). The van der Waals surface area contributed by atoms with Gasteiger partial charge < -0.3 is 5.32 Å². The molecule has 0 aromatic heterocycles. The SMILES string of the molecule is CCC1CCC(NC2CCC(c3ccccc3)CC2)C1C. The van der Waals surface area contributed by atoms with E-state index in [1.54, 1.807) is 5.56 Å². The van der Waals surface area contributed by atoms with E-state index in [1.807, 2.05) is 0 Å². The zero-order chi connectivity index (χ0) is 14.7. The summed E-state index contributed by atoms with van der Waals surface area (Å²) < 4.78 is 0. The van der Waals surface area contributed by atoms with Gasteiger partial charge in [-0.25, -0.2) is 0 Å². The van der Waals surface area contributed by atoms with Crippen molar-refractivity contribution >= 4 is 0 Å². The van der Waals surface area contributed by atoms with Gasteiger partial charge in [-0.2, -0.15) is 0 Å². The lowest BCUT2D eigenvalue weighted by atomic mass is 9.81. The molecular formula is C20H31N. The number of rotatable bonds is 4. The van der Waals surface area contributed by atoms with Crippen LogP contribution in [0.3, 0.4) is 0 Å². The first-order chi connectivity index (χ1) is 10.3. The molecule has 0 spiro atoms. The molecule has 2 aliphatic carbocycles. The Kier molecular flexibility index (Phi) is 5.00. The van der Waals surface area contributed by atoms with Crippen molar-refractivity contribution in [2.45, 2.75) is 76.8 Å². The Morgan fingerprint density at radius 3 is 2.29 bits per heavy atom. The van der Waals surface area contributed by atoms with Gasteiger partial charge in [0.05, 0.1) is 0 Å². The highest BCUT2D eigenvalue weighted by molar-refractivity contribution is 5.20. The van der Waals surface area contributed by atoms with Crippen LogP contribution in [0.5, 0.6) is 0 Å². The highest BCUT2D eigenvalue weighted by atomic mass is 15.0. The molecule has 0 saturated heterocycles. The Bertz CT molecular complexity index is 419. The average Bonchev–Trinajstić information content (AvgIpc) is 2.89. The number of hydrogen-bond acceptors (Lipinski definition) is 1. The minimum Gasteiger partial charge on any atom is -0.311 e. The molecule has 0 radical (unpaired) electrons. The van der Waals surface area contributed by atoms with E-state index in [0.29, 0.717) is 0 Å². The molecule has 0 amide bonds. The Hall–Kier alpha value is -0.820. The predicted molar refractivity (Wildman–Crippen MR) is 90.5 cm³/mol. The average molecular weight is 285 g/mol. The molecule has 2 saturated carbocycles. The number of hydrogen-bond donors (Lipinski definition) is 1. The minimum atomic E-state index is 0.771. The largest absolute Gasteiger partial charge is 0.311 e. The van der Waals surface area contributed by atoms with Crippen molar-refractivity contribution in [3.05, 3.63) is 35.9 Å². The molecule has 21 heavy (non-hydrogen) atoms. The summed E-state index contributed by atoms with van der Waals surface area (Å²) in [6.45, 7) is 4.82. The molecular weight excluding hydrogens is 254 g/mol. The van der Waals surface area contributed by atoms with Crippen molar-refractivity contribution < 1.29 is 0 Å². The van der Waals surface area contributed by atoms with Gasteiger partial charge in [0, 0.05) is 12.1 Å². The summed E-state index contributed by atoms with van der Waals surface area (Å²) >= 11 is 0. The van der Waals surface area contributed by atoms with Gasteiger partial charge >= 0.3 is 0 Å². The van der Waals surface area contributed by atoms with Crippen molar-refractivity contribution in [1.82, 2.24) is 5.32 Å². The van der Waals surface area contributed by atoms with E-state index >= 15 is 0 Å². The number of nitrogens with one attached hydrogen (secondary N) is 1. The van der Waals surface area contributed by atoms with Gasteiger partial charge in [0.2, 0.25) is 0 Å². The molecule has 3 atom stereocenters. The Morgan fingerprint density at radius 1 is 0.952 bits per heavy atom. The molecule has 1 aromatic carbocycles. The maximum Gasteiger partial charge on any atom is 0.00980 e. The molecule has 0 aliphatic heterocycles. The zero-order valence-electron chi connectivity index (χ0n) is 13.7. The van der Waals surface area contributed by atoms with E-state index in [1.165, 1.54) is 44.9 Å². The Labute approximate surface area is 130 Å². The molecule has 3 unspecified atom stereocenters. The van der Waals surface area contributed by atoms with Crippen molar-refractivity contribution in [2.24, 2.45) is 11.8 Å². The zero-order valence-corrected chi connectivity index (χ0v) is 13.7. The quantitative estimate of drug-likeness (QED) is 0.809. The van der Waals surface area contributed by atoms with Crippen LogP contribution in [-0.2, 0) is 0 Å².